The molecule has 1 saturated heterocycles. The average molecular weight is 312 g/mol. The molecule has 7 heteroatoms. The zero-order valence-corrected chi connectivity index (χ0v) is 12.9. The first-order valence-electron chi connectivity index (χ1n) is 6.72. The first kappa shape index (κ1) is 15.8. The molecular formula is C14H18NO5S-. The summed E-state index contributed by atoms with van der Waals surface area (Å²) in [4.78, 5) is 11.1. The van der Waals surface area contributed by atoms with E-state index in [-0.39, 0.29) is 11.4 Å². The lowest BCUT2D eigenvalue weighted by atomic mass is 10.0. The Bertz CT molecular complexity index is 641. The monoisotopic (exact) mass is 312 g/mol. The molecule has 1 aromatic carbocycles. The number of aliphatic carboxylic acids is 1. The number of carbonyl (C=O) groups is 1. The van der Waals surface area contributed by atoms with Gasteiger partial charge in [0, 0.05) is 25.0 Å². The minimum absolute atomic E-state index is 0.0320. The van der Waals surface area contributed by atoms with Crippen molar-refractivity contribution in [3.05, 3.63) is 23.8 Å². The molecule has 0 unspecified atom stereocenters. The summed E-state index contributed by atoms with van der Waals surface area (Å²) in [5, 5.41) is 11.0. The highest BCUT2D eigenvalue weighted by molar-refractivity contribution is 7.89. The van der Waals surface area contributed by atoms with Crippen molar-refractivity contribution in [2.24, 2.45) is 5.92 Å². The largest absolute Gasteiger partial charge is 0.550 e. The number of sulfonamides is 1. The molecule has 1 fully saturated rings. The lowest BCUT2D eigenvalue weighted by molar-refractivity contribution is -0.312. The van der Waals surface area contributed by atoms with Crippen LogP contribution in [0.4, 0.5) is 0 Å². The normalized spacial score (nSPS) is 20.2. The summed E-state index contributed by atoms with van der Waals surface area (Å²) in [6.45, 7) is 2.06. The number of carboxylic acid groups (broad SMARTS) is 1. The van der Waals surface area contributed by atoms with E-state index < -0.39 is 21.9 Å². The van der Waals surface area contributed by atoms with Gasteiger partial charge in [-0.25, -0.2) is 8.42 Å². The van der Waals surface area contributed by atoms with Crippen molar-refractivity contribution in [2.45, 2.75) is 24.7 Å². The molecule has 0 radical (unpaired) electrons. The van der Waals surface area contributed by atoms with Crippen LogP contribution < -0.4 is 9.84 Å². The molecule has 1 heterocycles. The lowest BCUT2D eigenvalue weighted by Gasteiger charge is -2.32. The van der Waals surface area contributed by atoms with E-state index in [9.17, 15) is 18.3 Å². The van der Waals surface area contributed by atoms with Crippen LogP contribution in [0.5, 0.6) is 5.75 Å². The lowest BCUT2D eigenvalue weighted by Crippen LogP contribution is -2.46. The molecular weight excluding hydrogens is 294 g/mol. The van der Waals surface area contributed by atoms with E-state index in [0.717, 1.165) is 0 Å². The molecule has 0 bridgehead atoms. The molecule has 1 aliphatic rings. The SMILES string of the molecule is COc1ccc(S(=O)(=O)N2CCC[C@@H](C(=O)[O-])C2)cc1C. The van der Waals surface area contributed by atoms with E-state index in [4.69, 9.17) is 4.74 Å². The number of carboxylic acids is 1. The minimum Gasteiger partial charge on any atom is -0.550 e. The molecule has 6 nitrogen and oxygen atoms in total. The third kappa shape index (κ3) is 3.19. The summed E-state index contributed by atoms with van der Waals surface area (Å²) in [7, 11) is -2.17. The predicted molar refractivity (Wildman–Crippen MR) is 74.2 cm³/mol. The van der Waals surface area contributed by atoms with Gasteiger partial charge in [0.15, 0.2) is 0 Å². The van der Waals surface area contributed by atoms with Gasteiger partial charge in [0.2, 0.25) is 10.0 Å². The van der Waals surface area contributed by atoms with Crippen molar-refractivity contribution >= 4 is 16.0 Å². The van der Waals surface area contributed by atoms with Crippen molar-refractivity contribution in [2.75, 3.05) is 20.2 Å². The van der Waals surface area contributed by atoms with Gasteiger partial charge in [0.05, 0.1) is 12.0 Å². The fraction of sp³-hybridized carbons (Fsp3) is 0.500. The maximum atomic E-state index is 12.6. The average Bonchev–Trinajstić information content (AvgIpc) is 2.47. The van der Waals surface area contributed by atoms with Crippen molar-refractivity contribution in [3.63, 3.8) is 0 Å². The topological polar surface area (TPSA) is 86.7 Å². The molecule has 2 rings (SSSR count). The highest BCUT2D eigenvalue weighted by Gasteiger charge is 2.30. The number of carbonyl (C=O) groups excluding carboxylic acids is 1. The Morgan fingerprint density at radius 3 is 2.71 bits per heavy atom. The van der Waals surface area contributed by atoms with Gasteiger partial charge in [0.1, 0.15) is 5.75 Å². The van der Waals surface area contributed by atoms with Crippen LogP contribution in [0.1, 0.15) is 18.4 Å². The highest BCUT2D eigenvalue weighted by Crippen LogP contribution is 2.26. The molecule has 1 atom stereocenters. The molecule has 0 saturated carbocycles. The molecule has 0 spiro atoms. The number of benzene rings is 1. The van der Waals surface area contributed by atoms with Crippen LogP contribution in [0, 0.1) is 12.8 Å². The van der Waals surface area contributed by atoms with E-state index in [0.29, 0.717) is 30.7 Å². The van der Waals surface area contributed by atoms with E-state index in [1.165, 1.54) is 23.5 Å². The molecule has 0 aromatic heterocycles. The minimum atomic E-state index is -3.69. The van der Waals surface area contributed by atoms with Gasteiger partial charge >= 0.3 is 0 Å². The van der Waals surface area contributed by atoms with Gasteiger partial charge in [-0.05, 0) is 43.5 Å². The Kier molecular flexibility index (Phi) is 4.53. The summed E-state index contributed by atoms with van der Waals surface area (Å²) < 4.78 is 31.5. The second-order valence-electron chi connectivity index (χ2n) is 5.15. The number of methoxy groups -OCH3 is 1. The van der Waals surface area contributed by atoms with Crippen molar-refractivity contribution < 1.29 is 23.1 Å². The smallest absolute Gasteiger partial charge is 0.243 e. The first-order chi connectivity index (χ1) is 9.86. The Morgan fingerprint density at radius 1 is 1.43 bits per heavy atom. The maximum Gasteiger partial charge on any atom is 0.243 e. The quantitative estimate of drug-likeness (QED) is 0.790. The molecule has 0 amide bonds. The van der Waals surface area contributed by atoms with E-state index in [1.807, 2.05) is 0 Å². The van der Waals surface area contributed by atoms with Crippen LogP contribution in [-0.2, 0) is 14.8 Å². The number of piperidine rings is 1. The fourth-order valence-electron chi connectivity index (χ4n) is 2.51. The second kappa shape index (κ2) is 6.03. The summed E-state index contributed by atoms with van der Waals surface area (Å²) >= 11 is 0. The Morgan fingerprint density at radius 2 is 2.14 bits per heavy atom. The molecule has 0 aliphatic carbocycles. The van der Waals surface area contributed by atoms with Crippen LogP contribution in [-0.4, -0.2) is 38.9 Å². The highest BCUT2D eigenvalue weighted by atomic mass is 32.2. The Balaban J connectivity index is 2.29. The van der Waals surface area contributed by atoms with Gasteiger partial charge in [-0.2, -0.15) is 4.31 Å². The summed E-state index contributed by atoms with van der Waals surface area (Å²) in [6.07, 6.45) is 0.975. The molecule has 1 aliphatic heterocycles. The molecule has 1 aromatic rings. The first-order valence-corrected chi connectivity index (χ1v) is 8.16. The third-order valence-electron chi connectivity index (χ3n) is 3.72. The number of rotatable bonds is 4. The van der Waals surface area contributed by atoms with Crippen LogP contribution in [0.25, 0.3) is 0 Å². The van der Waals surface area contributed by atoms with Crippen LogP contribution >= 0.6 is 0 Å². The number of aryl methyl sites for hydroxylation is 1. The van der Waals surface area contributed by atoms with Gasteiger partial charge in [-0.1, -0.05) is 0 Å². The van der Waals surface area contributed by atoms with Crippen molar-refractivity contribution in [1.82, 2.24) is 4.31 Å². The summed E-state index contributed by atoms with van der Waals surface area (Å²) in [6, 6.07) is 4.61. The summed E-state index contributed by atoms with van der Waals surface area (Å²) in [5.74, 6) is -1.33. The molecule has 0 N–H and O–H groups in total. The van der Waals surface area contributed by atoms with Crippen LogP contribution in [0.15, 0.2) is 23.1 Å². The number of hydrogen-bond acceptors (Lipinski definition) is 5. The fourth-order valence-corrected chi connectivity index (χ4v) is 4.12. The predicted octanol–water partition coefficient (Wildman–Crippen LogP) is 0.154. The van der Waals surface area contributed by atoms with Gasteiger partial charge in [-0.15, -0.1) is 0 Å². The van der Waals surface area contributed by atoms with Gasteiger partial charge in [-0.3, -0.25) is 0 Å². The van der Waals surface area contributed by atoms with Gasteiger partial charge in [0.25, 0.3) is 0 Å². The van der Waals surface area contributed by atoms with E-state index in [1.54, 1.807) is 13.0 Å². The maximum absolute atomic E-state index is 12.6. The number of ether oxygens (including phenoxy) is 1. The Labute approximate surface area is 124 Å². The molecule has 21 heavy (non-hydrogen) atoms. The zero-order valence-electron chi connectivity index (χ0n) is 12.0. The van der Waals surface area contributed by atoms with Crippen LogP contribution in [0.2, 0.25) is 0 Å². The molecule has 116 valence electrons. The summed E-state index contributed by atoms with van der Waals surface area (Å²) in [5.41, 5.74) is 0.715. The third-order valence-corrected chi connectivity index (χ3v) is 5.58. The Hall–Kier alpha value is -1.60. The van der Waals surface area contributed by atoms with Crippen molar-refractivity contribution in [3.8, 4) is 5.75 Å². The van der Waals surface area contributed by atoms with Crippen molar-refractivity contribution in [1.29, 1.82) is 0 Å². The van der Waals surface area contributed by atoms with Crippen LogP contribution in [0.3, 0.4) is 0 Å². The number of hydrogen-bond donors (Lipinski definition) is 0. The van der Waals surface area contributed by atoms with E-state index >= 15 is 0 Å². The number of nitrogens with zero attached hydrogens (tertiary/aromatic N) is 1. The van der Waals surface area contributed by atoms with E-state index in [2.05, 4.69) is 0 Å². The second-order valence-corrected chi connectivity index (χ2v) is 7.09. The zero-order chi connectivity index (χ0) is 15.6. The van der Waals surface area contributed by atoms with Gasteiger partial charge < -0.3 is 14.6 Å². The standard InChI is InChI=1S/C14H19NO5S/c1-10-8-12(5-6-13(10)20-2)21(18,19)15-7-3-4-11(9-15)14(16)17/h5-6,8,11H,3-4,7,9H2,1-2H3,(H,16,17)/p-1/t11-/m1/s1.